The first-order valence-electron chi connectivity index (χ1n) is 7.17. The number of nitrogens with one attached hydrogen (secondary N) is 1. The van der Waals surface area contributed by atoms with Gasteiger partial charge in [0.2, 0.25) is 0 Å². The molecule has 0 atom stereocenters. The molecule has 8 heteroatoms. The normalized spacial score (nSPS) is 12.4. The van der Waals surface area contributed by atoms with Crippen molar-refractivity contribution in [2.75, 3.05) is 20.3 Å². The zero-order valence-electron chi connectivity index (χ0n) is 14.8. The minimum absolute atomic E-state index is 0.0560. The van der Waals surface area contributed by atoms with Crippen molar-refractivity contribution in [3.05, 3.63) is 0 Å². The van der Waals surface area contributed by atoms with Gasteiger partial charge in [0.15, 0.2) is 0 Å². The Bertz CT molecular complexity index is 471. The number of Topliss-reactive ketones (excluding diaryl/α,β-unsaturated/α-hetero) is 1. The third kappa shape index (κ3) is 10.3. The summed E-state index contributed by atoms with van der Waals surface area (Å²) in [5.74, 6) is -2.85. The van der Waals surface area contributed by atoms with Crippen molar-refractivity contribution in [2.24, 2.45) is 16.0 Å². The topological polar surface area (TPSA) is 103 Å². The van der Waals surface area contributed by atoms with E-state index >= 15 is 0 Å². The largest absolute Gasteiger partial charge is 0.472 e. The third-order valence-corrected chi connectivity index (χ3v) is 2.07. The third-order valence-electron chi connectivity index (χ3n) is 2.07. The summed E-state index contributed by atoms with van der Waals surface area (Å²) in [4.78, 5) is 39.3. The minimum atomic E-state index is -1.12. The maximum absolute atomic E-state index is 12.0. The van der Waals surface area contributed by atoms with E-state index < -0.39 is 23.7 Å². The molecule has 0 spiro atoms. The van der Waals surface area contributed by atoms with E-state index in [1.54, 1.807) is 0 Å². The van der Waals surface area contributed by atoms with Crippen molar-refractivity contribution >= 4 is 23.7 Å². The summed E-state index contributed by atoms with van der Waals surface area (Å²) in [6, 6.07) is 0. The molecule has 8 nitrogen and oxygen atoms in total. The Balaban J connectivity index is 4.98. The second-order valence-corrected chi connectivity index (χ2v) is 7.34. The Labute approximate surface area is 136 Å². The van der Waals surface area contributed by atoms with E-state index in [1.165, 1.54) is 7.05 Å². The van der Waals surface area contributed by atoms with Crippen LogP contribution in [0, 0.1) is 10.8 Å². The zero-order chi connectivity index (χ0) is 18.3. The number of carbonyl (C=O) groups excluding carboxylic acids is 3. The predicted octanol–water partition coefficient (Wildman–Crippen LogP) is 1.88. The zero-order valence-corrected chi connectivity index (χ0v) is 14.8. The van der Waals surface area contributed by atoms with Crippen molar-refractivity contribution in [3.63, 3.8) is 0 Å². The summed E-state index contributed by atoms with van der Waals surface area (Å²) >= 11 is 0. The first-order chi connectivity index (χ1) is 10.4. The number of nitrogens with zero attached hydrogens (tertiary/aromatic N) is 1. The molecule has 0 saturated carbocycles. The molecule has 0 radical (unpaired) electrons. The number of esters is 1. The quantitative estimate of drug-likeness (QED) is 0.206. The van der Waals surface area contributed by atoms with Gasteiger partial charge in [-0.1, -0.05) is 41.5 Å². The van der Waals surface area contributed by atoms with Gasteiger partial charge in [0.25, 0.3) is 0 Å². The fraction of sp³-hybridized carbons (Fsp3) is 0.733. The lowest BCUT2D eigenvalue weighted by molar-refractivity contribution is -0.153. The monoisotopic (exact) mass is 330 g/mol. The van der Waals surface area contributed by atoms with Gasteiger partial charge in [0.05, 0.1) is 13.2 Å². The molecule has 132 valence electrons. The molecule has 1 amide bonds. The van der Waals surface area contributed by atoms with Crippen LogP contribution < -0.4 is 5.32 Å². The highest BCUT2D eigenvalue weighted by Gasteiger charge is 2.28. The molecule has 23 heavy (non-hydrogen) atoms. The van der Waals surface area contributed by atoms with Crippen LogP contribution in [-0.2, 0) is 23.9 Å². The highest BCUT2D eigenvalue weighted by Crippen LogP contribution is 2.15. The molecule has 0 heterocycles. The highest BCUT2D eigenvalue weighted by molar-refractivity contribution is 6.61. The number of ether oxygens (including phenoxy) is 2. The SMILES string of the molecule is CNC(=O)ON=C(OCC(C)(C)C)C(=O)C(=O)OCC(C)(C)C. The number of amides is 1. The molecule has 0 bridgehead atoms. The minimum Gasteiger partial charge on any atom is -0.472 e. The molecular formula is C15H26N2O6. The number of hydrogen-bond donors (Lipinski definition) is 1. The van der Waals surface area contributed by atoms with Crippen molar-refractivity contribution in [1.29, 1.82) is 0 Å². The van der Waals surface area contributed by atoms with Crippen LogP contribution in [0.2, 0.25) is 0 Å². The molecule has 0 aromatic rings. The summed E-state index contributed by atoms with van der Waals surface area (Å²) in [5.41, 5.74) is -0.582. The summed E-state index contributed by atoms with van der Waals surface area (Å²) in [5, 5.41) is 5.45. The van der Waals surface area contributed by atoms with Gasteiger partial charge in [-0.3, -0.25) is 9.63 Å². The smallest absolute Gasteiger partial charge is 0.433 e. The molecule has 0 rings (SSSR count). The van der Waals surface area contributed by atoms with E-state index in [-0.39, 0.29) is 24.0 Å². The number of hydrogen-bond acceptors (Lipinski definition) is 7. The van der Waals surface area contributed by atoms with E-state index in [9.17, 15) is 14.4 Å². The van der Waals surface area contributed by atoms with Gasteiger partial charge in [-0.05, 0) is 16.0 Å². The number of rotatable bonds is 5. The second-order valence-electron chi connectivity index (χ2n) is 7.34. The van der Waals surface area contributed by atoms with E-state index in [0.717, 1.165) is 0 Å². The van der Waals surface area contributed by atoms with Crippen LogP contribution in [0.25, 0.3) is 0 Å². The Morgan fingerprint density at radius 2 is 1.39 bits per heavy atom. The van der Waals surface area contributed by atoms with Crippen molar-refractivity contribution < 1.29 is 28.7 Å². The first kappa shape index (κ1) is 20.9. The lowest BCUT2D eigenvalue weighted by atomic mass is 9.99. The van der Waals surface area contributed by atoms with E-state index in [2.05, 4.69) is 15.3 Å². The standard InChI is InChI=1S/C15H26N2O6/c1-14(2,3)8-21-11(17-23-13(20)16-7)10(18)12(19)22-9-15(4,5)6/h8-9H2,1-7H3,(H,16,20). The average molecular weight is 330 g/mol. The molecule has 0 saturated heterocycles. The number of oxime groups is 1. The van der Waals surface area contributed by atoms with Gasteiger partial charge in [-0.25, -0.2) is 9.59 Å². The molecule has 0 aromatic heterocycles. The maximum atomic E-state index is 12.0. The molecule has 0 aromatic carbocycles. The number of ketones is 1. The lowest BCUT2D eigenvalue weighted by Crippen LogP contribution is -2.33. The summed E-state index contributed by atoms with van der Waals surface area (Å²) in [6.07, 6.45) is -0.891. The van der Waals surface area contributed by atoms with Gasteiger partial charge in [-0.15, -0.1) is 0 Å². The van der Waals surface area contributed by atoms with Crippen molar-refractivity contribution in [3.8, 4) is 0 Å². The van der Waals surface area contributed by atoms with Gasteiger partial charge < -0.3 is 14.8 Å². The Morgan fingerprint density at radius 3 is 1.83 bits per heavy atom. The second kappa shape index (κ2) is 8.50. The van der Waals surface area contributed by atoms with Crippen LogP contribution in [0.3, 0.4) is 0 Å². The highest BCUT2D eigenvalue weighted by atomic mass is 16.7. The Morgan fingerprint density at radius 1 is 0.913 bits per heavy atom. The molecule has 0 aliphatic heterocycles. The average Bonchev–Trinajstić information content (AvgIpc) is 2.41. The fourth-order valence-electron chi connectivity index (χ4n) is 0.982. The Hall–Kier alpha value is -2.12. The predicted molar refractivity (Wildman–Crippen MR) is 83.8 cm³/mol. The maximum Gasteiger partial charge on any atom is 0.433 e. The number of carbonyl (C=O) groups is 3. The molecule has 1 N–H and O–H groups in total. The van der Waals surface area contributed by atoms with Crippen LogP contribution in [0.1, 0.15) is 41.5 Å². The van der Waals surface area contributed by atoms with E-state index in [1.807, 2.05) is 41.5 Å². The van der Waals surface area contributed by atoms with Crippen LogP contribution in [0.4, 0.5) is 4.79 Å². The molecule has 0 aliphatic rings. The molecule has 0 unspecified atom stereocenters. The van der Waals surface area contributed by atoms with E-state index in [0.29, 0.717) is 0 Å². The summed E-state index contributed by atoms with van der Waals surface area (Å²) in [7, 11) is 1.33. The van der Waals surface area contributed by atoms with Gasteiger partial charge >= 0.3 is 23.7 Å². The molecule has 0 aliphatic carbocycles. The van der Waals surface area contributed by atoms with Crippen LogP contribution in [0.15, 0.2) is 5.16 Å². The van der Waals surface area contributed by atoms with Crippen LogP contribution in [0.5, 0.6) is 0 Å². The van der Waals surface area contributed by atoms with Crippen molar-refractivity contribution in [2.45, 2.75) is 41.5 Å². The first-order valence-corrected chi connectivity index (χ1v) is 7.17. The van der Waals surface area contributed by atoms with E-state index in [4.69, 9.17) is 9.47 Å². The summed E-state index contributed by atoms with van der Waals surface area (Å²) in [6.45, 7) is 11.3. The van der Waals surface area contributed by atoms with Gasteiger partial charge in [0, 0.05) is 7.05 Å². The fourth-order valence-corrected chi connectivity index (χ4v) is 0.982. The molecule has 0 fully saturated rings. The van der Waals surface area contributed by atoms with Gasteiger partial charge in [0.1, 0.15) is 0 Å². The Kier molecular flexibility index (Phi) is 7.71. The van der Waals surface area contributed by atoms with Crippen LogP contribution >= 0.6 is 0 Å². The molecular weight excluding hydrogens is 304 g/mol. The van der Waals surface area contributed by atoms with Crippen molar-refractivity contribution in [1.82, 2.24) is 5.32 Å². The summed E-state index contributed by atoms with van der Waals surface area (Å²) < 4.78 is 10.1. The van der Waals surface area contributed by atoms with Gasteiger partial charge in [-0.2, -0.15) is 0 Å². The van der Waals surface area contributed by atoms with Crippen LogP contribution in [-0.4, -0.2) is 44.0 Å². The lowest BCUT2D eigenvalue weighted by Gasteiger charge is -2.19.